The Balaban J connectivity index is 1.67. The molecule has 0 spiro atoms. The summed E-state index contributed by atoms with van der Waals surface area (Å²) in [4.78, 5) is 21.3. The molecule has 0 atom stereocenters. The molecule has 3 aromatic rings. The Morgan fingerprint density at radius 1 is 1.29 bits per heavy atom. The molecule has 0 saturated carbocycles. The first kappa shape index (κ1) is 17.8. The molecule has 2 heterocycles. The number of hydrogen-bond acceptors (Lipinski definition) is 6. The molecule has 0 aliphatic carbocycles. The zero-order chi connectivity index (χ0) is 19.7. The van der Waals surface area contributed by atoms with E-state index in [1.54, 1.807) is 6.20 Å². The third-order valence-corrected chi connectivity index (χ3v) is 4.75. The van der Waals surface area contributed by atoms with Gasteiger partial charge >= 0.3 is 5.69 Å². The number of para-hydroxylation sites is 1. The van der Waals surface area contributed by atoms with Gasteiger partial charge in [0.2, 0.25) is 5.82 Å². The SMILES string of the molecule is COc1cc(F)c([N+](=O)[O-])cc1Cc1nccc(N2CCc3ccccc32)n1. The van der Waals surface area contributed by atoms with E-state index < -0.39 is 16.4 Å². The number of nitrogens with zero attached hydrogens (tertiary/aromatic N) is 4. The quantitative estimate of drug-likeness (QED) is 0.494. The minimum absolute atomic E-state index is 0.188. The van der Waals surface area contributed by atoms with Crippen molar-refractivity contribution in [3.8, 4) is 5.75 Å². The zero-order valence-electron chi connectivity index (χ0n) is 15.1. The number of rotatable bonds is 5. The van der Waals surface area contributed by atoms with Crippen LogP contribution < -0.4 is 9.64 Å². The predicted octanol–water partition coefficient (Wildman–Crippen LogP) is 3.82. The molecule has 0 unspecified atom stereocenters. The van der Waals surface area contributed by atoms with Gasteiger partial charge in [0.05, 0.1) is 12.0 Å². The monoisotopic (exact) mass is 380 g/mol. The summed E-state index contributed by atoms with van der Waals surface area (Å²) in [6, 6.07) is 12.2. The standard InChI is InChI=1S/C20H17FN4O3/c1-28-18-12-15(21)17(25(26)27)10-14(18)11-19-22-8-6-20(23-19)24-9-7-13-4-2-3-5-16(13)24/h2-6,8,10,12H,7,9,11H2,1H3. The molecule has 2 aromatic carbocycles. The minimum Gasteiger partial charge on any atom is -0.496 e. The summed E-state index contributed by atoms with van der Waals surface area (Å²) in [7, 11) is 1.39. The molecule has 8 heteroatoms. The number of anilines is 2. The van der Waals surface area contributed by atoms with E-state index in [0.717, 1.165) is 30.5 Å². The van der Waals surface area contributed by atoms with Crippen molar-refractivity contribution in [2.45, 2.75) is 12.8 Å². The number of nitro benzene ring substituents is 1. The number of ether oxygens (including phenoxy) is 1. The number of methoxy groups -OCH3 is 1. The first-order chi connectivity index (χ1) is 13.6. The molecular weight excluding hydrogens is 363 g/mol. The van der Waals surface area contributed by atoms with Crippen molar-refractivity contribution in [3.05, 3.63) is 81.5 Å². The summed E-state index contributed by atoms with van der Waals surface area (Å²) < 4.78 is 19.0. The van der Waals surface area contributed by atoms with Crippen LogP contribution in [0.3, 0.4) is 0 Å². The first-order valence-corrected chi connectivity index (χ1v) is 8.75. The molecule has 7 nitrogen and oxygen atoms in total. The third kappa shape index (κ3) is 3.24. The van der Waals surface area contributed by atoms with Crippen LogP contribution >= 0.6 is 0 Å². The van der Waals surface area contributed by atoms with Crippen LogP contribution in [0, 0.1) is 15.9 Å². The second-order valence-electron chi connectivity index (χ2n) is 6.41. The molecule has 0 saturated heterocycles. The molecule has 0 bridgehead atoms. The fourth-order valence-electron chi connectivity index (χ4n) is 3.43. The van der Waals surface area contributed by atoms with Gasteiger partial charge in [-0.05, 0) is 24.1 Å². The lowest BCUT2D eigenvalue weighted by Gasteiger charge is -2.18. The van der Waals surface area contributed by atoms with Crippen molar-refractivity contribution >= 4 is 17.2 Å². The highest BCUT2D eigenvalue weighted by molar-refractivity contribution is 5.67. The van der Waals surface area contributed by atoms with Gasteiger partial charge in [-0.2, -0.15) is 4.39 Å². The van der Waals surface area contributed by atoms with Gasteiger partial charge in [-0.25, -0.2) is 9.97 Å². The molecular formula is C20H17FN4O3. The van der Waals surface area contributed by atoms with E-state index in [1.165, 1.54) is 18.7 Å². The van der Waals surface area contributed by atoms with Crippen molar-refractivity contribution in [3.63, 3.8) is 0 Å². The highest BCUT2D eigenvalue weighted by atomic mass is 19.1. The minimum atomic E-state index is -0.936. The van der Waals surface area contributed by atoms with E-state index in [4.69, 9.17) is 4.74 Å². The van der Waals surface area contributed by atoms with Crippen molar-refractivity contribution < 1.29 is 14.1 Å². The van der Waals surface area contributed by atoms with Crippen LogP contribution in [0.4, 0.5) is 21.6 Å². The molecule has 0 radical (unpaired) electrons. The largest absolute Gasteiger partial charge is 0.496 e. The third-order valence-electron chi connectivity index (χ3n) is 4.75. The normalized spacial score (nSPS) is 12.7. The van der Waals surface area contributed by atoms with E-state index in [1.807, 2.05) is 18.2 Å². The molecule has 28 heavy (non-hydrogen) atoms. The van der Waals surface area contributed by atoms with Crippen molar-refractivity contribution in [1.29, 1.82) is 0 Å². The van der Waals surface area contributed by atoms with Crippen LogP contribution in [0.1, 0.15) is 17.0 Å². The highest BCUT2D eigenvalue weighted by Gasteiger charge is 2.22. The Kier molecular flexibility index (Phi) is 4.60. The first-order valence-electron chi connectivity index (χ1n) is 8.75. The Morgan fingerprint density at radius 2 is 2.11 bits per heavy atom. The summed E-state index contributed by atoms with van der Waals surface area (Å²) in [5.74, 6) is 0.518. The van der Waals surface area contributed by atoms with Gasteiger partial charge in [0.25, 0.3) is 0 Å². The zero-order valence-corrected chi connectivity index (χ0v) is 15.1. The van der Waals surface area contributed by atoms with Gasteiger partial charge in [-0.1, -0.05) is 18.2 Å². The maximum absolute atomic E-state index is 13.9. The van der Waals surface area contributed by atoms with Crippen LogP contribution in [-0.4, -0.2) is 28.5 Å². The van der Waals surface area contributed by atoms with E-state index in [-0.39, 0.29) is 12.2 Å². The number of benzene rings is 2. The number of aromatic nitrogens is 2. The fraction of sp³-hybridized carbons (Fsp3) is 0.200. The van der Waals surface area contributed by atoms with Gasteiger partial charge < -0.3 is 9.64 Å². The number of nitro groups is 1. The van der Waals surface area contributed by atoms with Crippen LogP contribution in [0.2, 0.25) is 0 Å². The van der Waals surface area contributed by atoms with E-state index in [0.29, 0.717) is 11.4 Å². The Morgan fingerprint density at radius 3 is 2.89 bits per heavy atom. The number of halogens is 1. The van der Waals surface area contributed by atoms with Crippen LogP contribution in [0.25, 0.3) is 0 Å². The molecule has 1 aliphatic heterocycles. The lowest BCUT2D eigenvalue weighted by Crippen LogP contribution is -2.16. The second kappa shape index (κ2) is 7.22. The number of fused-ring (bicyclic) bond motifs is 1. The molecule has 0 amide bonds. The second-order valence-corrected chi connectivity index (χ2v) is 6.41. The predicted molar refractivity (Wildman–Crippen MR) is 102 cm³/mol. The highest BCUT2D eigenvalue weighted by Crippen LogP contribution is 2.33. The van der Waals surface area contributed by atoms with Crippen LogP contribution in [0.15, 0.2) is 48.7 Å². The molecule has 4 rings (SSSR count). The molecule has 0 fully saturated rings. The maximum atomic E-state index is 13.9. The Hall–Kier alpha value is -3.55. The van der Waals surface area contributed by atoms with E-state index in [9.17, 15) is 14.5 Å². The Bertz CT molecular complexity index is 1060. The van der Waals surface area contributed by atoms with Crippen molar-refractivity contribution in [2.75, 3.05) is 18.6 Å². The summed E-state index contributed by atoms with van der Waals surface area (Å²) in [6.07, 6.45) is 2.78. The lowest BCUT2D eigenvalue weighted by atomic mass is 10.1. The average molecular weight is 380 g/mol. The lowest BCUT2D eigenvalue weighted by molar-refractivity contribution is -0.387. The Labute approximate surface area is 160 Å². The van der Waals surface area contributed by atoms with Gasteiger partial charge in [-0.15, -0.1) is 0 Å². The summed E-state index contributed by atoms with van der Waals surface area (Å²) >= 11 is 0. The smallest absolute Gasteiger partial charge is 0.305 e. The summed E-state index contributed by atoms with van der Waals surface area (Å²) in [5.41, 5.74) is 2.23. The fourth-order valence-corrected chi connectivity index (χ4v) is 3.43. The molecule has 1 aliphatic rings. The average Bonchev–Trinajstić information content (AvgIpc) is 3.13. The molecule has 0 N–H and O–H groups in total. The van der Waals surface area contributed by atoms with Gasteiger partial charge in [0.1, 0.15) is 17.4 Å². The number of hydrogen-bond donors (Lipinski definition) is 0. The van der Waals surface area contributed by atoms with Gasteiger partial charge in [0, 0.05) is 42.5 Å². The maximum Gasteiger partial charge on any atom is 0.305 e. The van der Waals surface area contributed by atoms with Crippen LogP contribution in [-0.2, 0) is 12.8 Å². The molecule has 1 aromatic heterocycles. The summed E-state index contributed by atoms with van der Waals surface area (Å²) in [6.45, 7) is 0.821. The van der Waals surface area contributed by atoms with Gasteiger partial charge in [-0.3, -0.25) is 10.1 Å². The molecule has 142 valence electrons. The van der Waals surface area contributed by atoms with Gasteiger partial charge in [0.15, 0.2) is 0 Å². The van der Waals surface area contributed by atoms with E-state index in [2.05, 4.69) is 27.0 Å². The summed E-state index contributed by atoms with van der Waals surface area (Å²) in [5, 5.41) is 11.1. The topological polar surface area (TPSA) is 81.4 Å². The van der Waals surface area contributed by atoms with Crippen molar-refractivity contribution in [1.82, 2.24) is 9.97 Å². The van der Waals surface area contributed by atoms with Crippen LogP contribution in [0.5, 0.6) is 5.75 Å². The van der Waals surface area contributed by atoms with Crippen molar-refractivity contribution in [2.24, 2.45) is 0 Å². The van der Waals surface area contributed by atoms with E-state index >= 15 is 0 Å².